The minimum atomic E-state index is -4.95. The van der Waals surface area contributed by atoms with E-state index in [2.05, 4.69) is 5.32 Å². The maximum Gasteiger partial charge on any atom is 0.279 e. The van der Waals surface area contributed by atoms with Crippen molar-refractivity contribution in [3.05, 3.63) is 67.6 Å². The van der Waals surface area contributed by atoms with Crippen LogP contribution in [0.1, 0.15) is 35.7 Å². The number of rotatable bonds is 6. The molecule has 0 bridgehead atoms. The number of benzene rings is 2. The van der Waals surface area contributed by atoms with Crippen LogP contribution >= 0.6 is 46.4 Å². The zero-order valence-corrected chi connectivity index (χ0v) is 19.7. The van der Waals surface area contributed by atoms with Crippen LogP contribution in [-0.4, -0.2) is 36.6 Å². The third-order valence-electron chi connectivity index (χ3n) is 5.90. The van der Waals surface area contributed by atoms with Crippen LogP contribution in [0.4, 0.5) is 0 Å². The molecule has 0 radical (unpaired) electrons. The number of ketones is 1. The van der Waals surface area contributed by atoms with E-state index in [1.54, 1.807) is 12.1 Å². The molecule has 2 aromatic rings. The lowest BCUT2D eigenvalue weighted by molar-refractivity contribution is 0.0869. The lowest BCUT2D eigenvalue weighted by Crippen LogP contribution is -2.62. The molecule has 0 spiro atoms. The molecule has 2 unspecified atom stereocenters. The Bertz CT molecular complexity index is 1080. The molecule has 1 aliphatic heterocycles. The quantitative estimate of drug-likeness (QED) is 0.398. The highest BCUT2D eigenvalue weighted by molar-refractivity contribution is 7.88. The molecule has 2 aromatic carbocycles. The third kappa shape index (κ3) is 3.56. The van der Waals surface area contributed by atoms with Gasteiger partial charge in [-0.05, 0) is 49.2 Å². The van der Waals surface area contributed by atoms with E-state index in [1.807, 2.05) is 0 Å². The van der Waals surface area contributed by atoms with Crippen LogP contribution in [0.15, 0.2) is 36.4 Å². The molecule has 3 rings (SSSR count). The summed E-state index contributed by atoms with van der Waals surface area (Å²) in [6.07, 6.45) is 0.0422. The lowest BCUT2D eigenvalue weighted by Gasteiger charge is -2.45. The van der Waals surface area contributed by atoms with Crippen molar-refractivity contribution in [2.24, 2.45) is 0 Å². The molecular formula is C20H19Cl4NO4S. The largest absolute Gasteiger partial charge is 0.316 e. The number of Topliss-reactive ketones (excluding diaryl/α,β-unsaturated/α-hetero) is 1. The van der Waals surface area contributed by atoms with Gasteiger partial charge in [0.1, 0.15) is 0 Å². The average molecular weight is 511 g/mol. The first-order valence-electron chi connectivity index (χ1n) is 9.14. The van der Waals surface area contributed by atoms with Gasteiger partial charge in [-0.1, -0.05) is 65.5 Å². The Morgan fingerprint density at radius 1 is 1.10 bits per heavy atom. The summed E-state index contributed by atoms with van der Waals surface area (Å²) in [7, 11) is -4.95. The maximum atomic E-state index is 13.9. The first-order chi connectivity index (χ1) is 14.0. The van der Waals surface area contributed by atoms with E-state index in [9.17, 15) is 17.8 Å². The van der Waals surface area contributed by atoms with Crippen LogP contribution < -0.4 is 5.32 Å². The van der Waals surface area contributed by atoms with Gasteiger partial charge in [-0.25, -0.2) is 0 Å². The van der Waals surface area contributed by atoms with E-state index in [1.165, 1.54) is 31.2 Å². The van der Waals surface area contributed by atoms with Crippen molar-refractivity contribution in [3.8, 4) is 0 Å². The van der Waals surface area contributed by atoms with Crippen molar-refractivity contribution in [2.45, 2.75) is 29.9 Å². The SMILES string of the molecule is CCC(C(=O)c1c(Cl)cccc1Cl)(C1(c2ccc(Cl)c(Cl)c2)CCNC1)S(=O)(=O)O. The minimum Gasteiger partial charge on any atom is -0.316 e. The van der Waals surface area contributed by atoms with Crippen molar-refractivity contribution in [1.82, 2.24) is 5.32 Å². The molecule has 30 heavy (non-hydrogen) atoms. The van der Waals surface area contributed by atoms with E-state index >= 15 is 0 Å². The summed E-state index contributed by atoms with van der Waals surface area (Å²) in [5, 5.41) is 3.63. The van der Waals surface area contributed by atoms with Gasteiger partial charge in [0, 0.05) is 12.0 Å². The van der Waals surface area contributed by atoms with Gasteiger partial charge in [0.2, 0.25) is 0 Å². The second-order valence-electron chi connectivity index (χ2n) is 7.22. The monoisotopic (exact) mass is 509 g/mol. The highest BCUT2D eigenvalue weighted by Gasteiger charge is 2.65. The van der Waals surface area contributed by atoms with Crippen LogP contribution in [0.2, 0.25) is 20.1 Å². The molecular weight excluding hydrogens is 492 g/mol. The molecule has 1 saturated heterocycles. The fourth-order valence-electron chi connectivity index (χ4n) is 4.49. The second kappa shape index (κ2) is 8.58. The van der Waals surface area contributed by atoms with Gasteiger partial charge >= 0.3 is 0 Å². The Morgan fingerprint density at radius 3 is 2.20 bits per heavy atom. The zero-order valence-electron chi connectivity index (χ0n) is 15.9. The number of carbonyl (C=O) groups is 1. The third-order valence-corrected chi connectivity index (χ3v) is 9.01. The summed E-state index contributed by atoms with van der Waals surface area (Å²) in [6, 6.07) is 9.14. The average Bonchev–Trinajstić information content (AvgIpc) is 3.15. The van der Waals surface area contributed by atoms with Crippen LogP contribution in [0.3, 0.4) is 0 Å². The van der Waals surface area contributed by atoms with Crippen molar-refractivity contribution in [3.63, 3.8) is 0 Å². The molecule has 1 heterocycles. The molecule has 0 saturated carbocycles. The Morgan fingerprint density at radius 2 is 1.73 bits per heavy atom. The van der Waals surface area contributed by atoms with E-state index in [0.717, 1.165) is 0 Å². The number of nitrogens with one attached hydrogen (secondary N) is 1. The molecule has 1 aliphatic rings. The Hall–Kier alpha value is -0.860. The lowest BCUT2D eigenvalue weighted by atomic mass is 9.65. The first-order valence-corrected chi connectivity index (χ1v) is 12.1. The van der Waals surface area contributed by atoms with E-state index in [0.29, 0.717) is 12.1 Å². The Balaban J connectivity index is 2.39. The molecule has 2 atom stereocenters. The van der Waals surface area contributed by atoms with Crippen molar-refractivity contribution in [2.75, 3.05) is 13.1 Å². The minimum absolute atomic E-state index is 0.00391. The highest BCUT2D eigenvalue weighted by atomic mass is 35.5. The fraction of sp³-hybridized carbons (Fsp3) is 0.350. The molecule has 2 N–H and O–H groups in total. The molecule has 10 heteroatoms. The van der Waals surface area contributed by atoms with Gasteiger partial charge in [0.15, 0.2) is 10.5 Å². The van der Waals surface area contributed by atoms with Gasteiger partial charge in [-0.3, -0.25) is 9.35 Å². The second-order valence-corrected chi connectivity index (χ2v) is 10.5. The Labute approximate surface area is 195 Å². The van der Waals surface area contributed by atoms with Gasteiger partial charge < -0.3 is 5.32 Å². The Kier molecular flexibility index (Phi) is 6.81. The summed E-state index contributed by atoms with van der Waals surface area (Å²) in [5.74, 6) is -0.863. The molecule has 0 aromatic heterocycles. The first kappa shape index (κ1) is 23.8. The van der Waals surface area contributed by atoms with Crippen LogP contribution in [-0.2, 0) is 15.5 Å². The predicted octanol–water partition coefficient (Wildman–Crippen LogP) is 5.45. The highest BCUT2D eigenvalue weighted by Crippen LogP contribution is 2.50. The van der Waals surface area contributed by atoms with Gasteiger partial charge in [0.05, 0.1) is 25.7 Å². The van der Waals surface area contributed by atoms with Crippen molar-refractivity contribution in [1.29, 1.82) is 0 Å². The molecule has 0 aliphatic carbocycles. The van der Waals surface area contributed by atoms with Crippen LogP contribution in [0.25, 0.3) is 0 Å². The standard InChI is InChI=1S/C20H19Cl4NO4S/c1-2-20(30(27,28)29,18(26)17-14(22)4-3-5-15(17)23)19(8-9-25-11-19)12-6-7-13(21)16(24)10-12/h3-7,10,25H,2,8-9,11H2,1H3,(H,27,28,29). The van der Waals surface area contributed by atoms with E-state index in [4.69, 9.17) is 46.4 Å². The predicted molar refractivity (Wildman–Crippen MR) is 121 cm³/mol. The molecule has 1 fully saturated rings. The normalized spacial score (nSPS) is 21.4. The zero-order chi connectivity index (χ0) is 22.3. The number of hydrogen-bond donors (Lipinski definition) is 2. The van der Waals surface area contributed by atoms with Gasteiger partial charge in [-0.15, -0.1) is 0 Å². The summed E-state index contributed by atoms with van der Waals surface area (Å²) in [5.41, 5.74) is -1.01. The smallest absolute Gasteiger partial charge is 0.279 e. The summed E-state index contributed by atoms with van der Waals surface area (Å²) in [4.78, 5) is 13.9. The fourth-order valence-corrected chi connectivity index (χ4v) is 6.84. The van der Waals surface area contributed by atoms with Gasteiger partial charge in [0.25, 0.3) is 10.1 Å². The molecule has 162 valence electrons. The van der Waals surface area contributed by atoms with Gasteiger partial charge in [-0.2, -0.15) is 8.42 Å². The maximum absolute atomic E-state index is 13.9. The van der Waals surface area contributed by atoms with E-state index in [-0.39, 0.29) is 45.0 Å². The number of hydrogen-bond acceptors (Lipinski definition) is 4. The summed E-state index contributed by atoms with van der Waals surface area (Å²) >= 11 is 24.8. The van der Waals surface area contributed by atoms with Crippen molar-refractivity contribution >= 4 is 62.3 Å². The number of carbonyl (C=O) groups excluding carboxylic acids is 1. The number of halogens is 4. The summed E-state index contributed by atoms with van der Waals surface area (Å²) in [6.45, 7) is 2.08. The van der Waals surface area contributed by atoms with Crippen LogP contribution in [0, 0.1) is 0 Å². The molecule has 5 nitrogen and oxygen atoms in total. The van der Waals surface area contributed by atoms with Crippen LogP contribution in [0.5, 0.6) is 0 Å². The molecule has 0 amide bonds. The van der Waals surface area contributed by atoms with Crippen molar-refractivity contribution < 1.29 is 17.8 Å². The van der Waals surface area contributed by atoms with E-state index < -0.39 is 26.1 Å². The topological polar surface area (TPSA) is 83.5 Å². The summed E-state index contributed by atoms with van der Waals surface area (Å²) < 4.78 is 34.3.